The molecule has 1 atom stereocenters. The lowest BCUT2D eigenvalue weighted by Gasteiger charge is -2.34. The molecule has 2 amide bonds. The van der Waals surface area contributed by atoms with Crippen LogP contribution in [0.5, 0.6) is 11.5 Å². The number of fused-ring (bicyclic) bond motifs is 1. The van der Waals surface area contributed by atoms with E-state index in [1.54, 1.807) is 7.11 Å². The van der Waals surface area contributed by atoms with Crippen molar-refractivity contribution in [1.82, 2.24) is 15.2 Å². The molecule has 0 saturated carbocycles. The molecule has 2 heterocycles. The Bertz CT molecular complexity index is 1150. The van der Waals surface area contributed by atoms with Crippen LogP contribution >= 0.6 is 0 Å². The Morgan fingerprint density at radius 2 is 1.91 bits per heavy atom. The lowest BCUT2D eigenvalue weighted by Crippen LogP contribution is -2.42. The van der Waals surface area contributed by atoms with Crippen molar-refractivity contribution in [2.24, 2.45) is 11.8 Å². The second-order valence-electron chi connectivity index (χ2n) is 8.81. The maximum Gasteiger partial charge on any atom is 0.270 e. The maximum atomic E-state index is 13.1. The molecule has 2 aromatic carbocycles. The van der Waals surface area contributed by atoms with Crippen LogP contribution in [0, 0.1) is 11.8 Å². The topological polar surface area (TPSA) is 83.7 Å². The van der Waals surface area contributed by atoms with Crippen molar-refractivity contribution in [3.63, 3.8) is 0 Å². The Kier molecular flexibility index (Phi) is 7.40. The molecule has 4 rings (SSSR count). The zero-order valence-corrected chi connectivity index (χ0v) is 20.1. The summed E-state index contributed by atoms with van der Waals surface area (Å²) in [5.41, 5.74) is 2.44. The van der Waals surface area contributed by atoms with Crippen LogP contribution in [0.25, 0.3) is 10.9 Å². The van der Waals surface area contributed by atoms with Gasteiger partial charge in [0.25, 0.3) is 5.91 Å². The van der Waals surface area contributed by atoms with Crippen molar-refractivity contribution in [3.05, 3.63) is 59.8 Å². The molecule has 1 saturated heterocycles. The number of ether oxygens (including phenoxy) is 2. The number of nitrogens with one attached hydrogen (secondary N) is 2. The predicted molar refractivity (Wildman–Crippen MR) is 132 cm³/mol. The van der Waals surface area contributed by atoms with Crippen molar-refractivity contribution in [2.45, 2.75) is 33.2 Å². The van der Waals surface area contributed by atoms with E-state index in [1.165, 1.54) is 0 Å². The third kappa shape index (κ3) is 5.19. The van der Waals surface area contributed by atoms with E-state index in [1.807, 2.05) is 67.3 Å². The summed E-state index contributed by atoms with van der Waals surface area (Å²) in [6.45, 7) is 6.26. The van der Waals surface area contributed by atoms with Crippen LogP contribution in [0.3, 0.4) is 0 Å². The Morgan fingerprint density at radius 1 is 1.15 bits per heavy atom. The number of aromatic nitrogens is 1. The van der Waals surface area contributed by atoms with Crippen LogP contribution in [-0.2, 0) is 11.3 Å². The summed E-state index contributed by atoms with van der Waals surface area (Å²) in [4.78, 5) is 31.0. The summed E-state index contributed by atoms with van der Waals surface area (Å²) in [6.07, 6.45) is 1.62. The summed E-state index contributed by atoms with van der Waals surface area (Å²) in [7, 11) is 1.63. The smallest absolute Gasteiger partial charge is 0.270 e. The van der Waals surface area contributed by atoms with E-state index in [0.717, 1.165) is 40.8 Å². The molecule has 1 aromatic heterocycles. The Balaban J connectivity index is 1.30. The van der Waals surface area contributed by atoms with E-state index < -0.39 is 0 Å². The summed E-state index contributed by atoms with van der Waals surface area (Å²) in [5, 5.41) is 4.05. The van der Waals surface area contributed by atoms with Crippen LogP contribution in [0.1, 0.15) is 42.7 Å². The SMILES string of the molecule is CCOc1ccccc1CNC(=O)C(C)C1CCN(C(=O)c2cc3ccc(OC)cc3[nH]2)CC1. The van der Waals surface area contributed by atoms with Gasteiger partial charge in [-0.15, -0.1) is 0 Å². The van der Waals surface area contributed by atoms with E-state index in [-0.39, 0.29) is 23.7 Å². The molecular formula is C27H33N3O4. The van der Waals surface area contributed by atoms with Crippen LogP contribution < -0.4 is 14.8 Å². The quantitative estimate of drug-likeness (QED) is 0.519. The molecule has 1 fully saturated rings. The van der Waals surface area contributed by atoms with Gasteiger partial charge in [0.1, 0.15) is 17.2 Å². The molecule has 180 valence electrons. The highest BCUT2D eigenvalue weighted by Gasteiger charge is 2.30. The Morgan fingerprint density at radius 3 is 2.65 bits per heavy atom. The largest absolute Gasteiger partial charge is 0.497 e. The minimum atomic E-state index is -0.114. The molecule has 3 aromatic rings. The number of methoxy groups -OCH3 is 1. The fraction of sp³-hybridized carbons (Fsp3) is 0.407. The first-order valence-corrected chi connectivity index (χ1v) is 11.9. The molecule has 7 nitrogen and oxygen atoms in total. The average Bonchev–Trinajstić information content (AvgIpc) is 3.30. The fourth-order valence-corrected chi connectivity index (χ4v) is 4.62. The number of aromatic amines is 1. The Hall–Kier alpha value is -3.48. The summed E-state index contributed by atoms with van der Waals surface area (Å²) >= 11 is 0. The average molecular weight is 464 g/mol. The van der Waals surface area contributed by atoms with Gasteiger partial charge in [-0.25, -0.2) is 0 Å². The first-order chi connectivity index (χ1) is 16.5. The van der Waals surface area contributed by atoms with Crippen molar-refractivity contribution in [1.29, 1.82) is 0 Å². The zero-order chi connectivity index (χ0) is 24.1. The molecule has 0 spiro atoms. The molecule has 2 N–H and O–H groups in total. The minimum absolute atomic E-state index is 0.00162. The number of hydrogen-bond acceptors (Lipinski definition) is 4. The first-order valence-electron chi connectivity index (χ1n) is 11.9. The van der Waals surface area contributed by atoms with Crippen molar-refractivity contribution in [2.75, 3.05) is 26.8 Å². The van der Waals surface area contributed by atoms with Gasteiger partial charge in [-0.05, 0) is 49.9 Å². The molecule has 0 bridgehead atoms. The number of carbonyl (C=O) groups is 2. The number of carbonyl (C=O) groups excluding carboxylic acids is 2. The predicted octanol–water partition coefficient (Wildman–Crippen LogP) is 4.38. The number of rotatable bonds is 8. The maximum absolute atomic E-state index is 13.1. The number of piperidine rings is 1. The van der Waals surface area contributed by atoms with Gasteiger partial charge in [0, 0.05) is 48.1 Å². The van der Waals surface area contributed by atoms with E-state index in [2.05, 4.69) is 10.3 Å². The van der Waals surface area contributed by atoms with Gasteiger partial charge in [0.2, 0.25) is 5.91 Å². The van der Waals surface area contributed by atoms with E-state index in [9.17, 15) is 9.59 Å². The van der Waals surface area contributed by atoms with Gasteiger partial charge in [-0.2, -0.15) is 0 Å². The number of H-pyrrole nitrogens is 1. The number of hydrogen-bond donors (Lipinski definition) is 2. The molecule has 7 heteroatoms. The number of amides is 2. The minimum Gasteiger partial charge on any atom is -0.497 e. The van der Waals surface area contributed by atoms with Crippen LogP contribution in [0.4, 0.5) is 0 Å². The van der Waals surface area contributed by atoms with Crippen LogP contribution in [-0.4, -0.2) is 48.5 Å². The molecule has 1 aliphatic rings. The second-order valence-corrected chi connectivity index (χ2v) is 8.81. The normalized spacial score (nSPS) is 15.2. The van der Waals surface area contributed by atoms with Crippen molar-refractivity contribution >= 4 is 22.7 Å². The first kappa shape index (κ1) is 23.7. The van der Waals surface area contributed by atoms with Crippen molar-refractivity contribution in [3.8, 4) is 11.5 Å². The molecule has 34 heavy (non-hydrogen) atoms. The van der Waals surface area contributed by atoms with Gasteiger partial charge < -0.3 is 24.7 Å². The second kappa shape index (κ2) is 10.6. The number of para-hydroxylation sites is 1. The van der Waals surface area contributed by atoms with Gasteiger partial charge in [0.05, 0.1) is 13.7 Å². The van der Waals surface area contributed by atoms with Crippen LogP contribution in [0.2, 0.25) is 0 Å². The molecule has 0 aliphatic carbocycles. The molecular weight excluding hydrogens is 430 g/mol. The highest BCUT2D eigenvalue weighted by atomic mass is 16.5. The standard InChI is InChI=1S/C27H33N3O4/c1-4-34-25-8-6-5-7-21(25)17-28-26(31)18(2)19-11-13-30(14-12-19)27(32)24-15-20-9-10-22(33-3)16-23(20)29-24/h5-10,15-16,18-19,29H,4,11-14,17H2,1-3H3,(H,28,31). The van der Waals surface area contributed by atoms with Crippen molar-refractivity contribution < 1.29 is 19.1 Å². The van der Waals surface area contributed by atoms with E-state index in [4.69, 9.17) is 9.47 Å². The van der Waals surface area contributed by atoms with E-state index in [0.29, 0.717) is 31.9 Å². The summed E-state index contributed by atoms with van der Waals surface area (Å²) in [6, 6.07) is 15.4. The fourth-order valence-electron chi connectivity index (χ4n) is 4.62. The molecule has 1 unspecified atom stereocenters. The summed E-state index contributed by atoms with van der Waals surface area (Å²) in [5.74, 6) is 1.73. The number of nitrogens with zero attached hydrogens (tertiary/aromatic N) is 1. The monoisotopic (exact) mass is 463 g/mol. The molecule has 1 aliphatic heterocycles. The highest BCUT2D eigenvalue weighted by Crippen LogP contribution is 2.28. The van der Waals surface area contributed by atoms with Crippen LogP contribution in [0.15, 0.2) is 48.5 Å². The van der Waals surface area contributed by atoms with E-state index >= 15 is 0 Å². The Labute approximate surface area is 200 Å². The third-order valence-electron chi connectivity index (χ3n) is 6.73. The van der Waals surface area contributed by atoms with Gasteiger partial charge >= 0.3 is 0 Å². The van der Waals surface area contributed by atoms with Gasteiger partial charge in [-0.3, -0.25) is 9.59 Å². The summed E-state index contributed by atoms with van der Waals surface area (Å²) < 4.78 is 10.9. The van der Waals surface area contributed by atoms with Gasteiger partial charge in [0.15, 0.2) is 0 Å². The highest BCUT2D eigenvalue weighted by molar-refractivity contribution is 5.98. The number of benzene rings is 2. The number of likely N-dealkylation sites (tertiary alicyclic amines) is 1. The van der Waals surface area contributed by atoms with Gasteiger partial charge in [-0.1, -0.05) is 25.1 Å². The third-order valence-corrected chi connectivity index (χ3v) is 6.73. The zero-order valence-electron chi connectivity index (χ0n) is 20.1. The molecule has 0 radical (unpaired) electrons. The lowest BCUT2D eigenvalue weighted by atomic mass is 9.84. The lowest BCUT2D eigenvalue weighted by molar-refractivity contribution is -0.126.